The third-order valence-corrected chi connectivity index (χ3v) is 2.63. The molecule has 0 saturated carbocycles. The van der Waals surface area contributed by atoms with Crippen molar-refractivity contribution in [3.63, 3.8) is 0 Å². The first-order valence-electron chi connectivity index (χ1n) is 6.85. The highest BCUT2D eigenvalue weighted by Gasteiger charge is 2.04. The van der Waals surface area contributed by atoms with Gasteiger partial charge in [0, 0.05) is 19.8 Å². The van der Waals surface area contributed by atoms with Gasteiger partial charge in [0.2, 0.25) is 0 Å². The van der Waals surface area contributed by atoms with E-state index in [1.165, 1.54) is 0 Å². The molecule has 0 aliphatic carbocycles. The summed E-state index contributed by atoms with van der Waals surface area (Å²) in [5.74, 6) is 0.360. The van der Waals surface area contributed by atoms with E-state index in [1.54, 1.807) is 0 Å². The van der Waals surface area contributed by atoms with Crippen LogP contribution in [0.5, 0.6) is 0 Å². The van der Waals surface area contributed by atoms with Gasteiger partial charge in [0.1, 0.15) is 0 Å². The maximum Gasteiger partial charge on any atom is 0.0897 e. The van der Waals surface area contributed by atoms with Crippen LogP contribution >= 0.6 is 0 Å². The van der Waals surface area contributed by atoms with Crippen LogP contribution in [0.15, 0.2) is 0 Å². The normalized spacial score (nSPS) is 14.7. The molecule has 2 unspecified atom stereocenters. The first kappa shape index (κ1) is 17.8. The Morgan fingerprint density at radius 1 is 1.22 bits per heavy atom. The summed E-state index contributed by atoms with van der Waals surface area (Å²) in [4.78, 5) is 0. The molecule has 0 aliphatic rings. The van der Waals surface area contributed by atoms with Crippen molar-refractivity contribution in [1.82, 2.24) is 5.32 Å². The first-order chi connectivity index (χ1) is 8.70. The van der Waals surface area contributed by atoms with Crippen molar-refractivity contribution in [2.24, 2.45) is 5.92 Å². The van der Waals surface area contributed by atoms with Crippen molar-refractivity contribution in [3.05, 3.63) is 0 Å². The average molecular weight is 263 g/mol. The predicted molar refractivity (Wildman–Crippen MR) is 71.7 cm³/mol. The number of hydrogen-bond donors (Lipinski definition) is 3. The Kier molecular flexibility index (Phi) is 13.1. The fourth-order valence-electron chi connectivity index (χ4n) is 1.48. The number of aliphatic hydroxyl groups is 2. The van der Waals surface area contributed by atoms with E-state index in [4.69, 9.17) is 14.6 Å². The van der Waals surface area contributed by atoms with E-state index in [1.807, 2.05) is 13.8 Å². The van der Waals surface area contributed by atoms with Gasteiger partial charge in [-0.15, -0.1) is 0 Å². The second-order valence-electron chi connectivity index (χ2n) is 4.56. The molecule has 0 amide bonds. The van der Waals surface area contributed by atoms with Gasteiger partial charge in [0.25, 0.3) is 0 Å². The Hall–Kier alpha value is -0.200. The number of rotatable bonds is 13. The van der Waals surface area contributed by atoms with Crippen LogP contribution in [-0.2, 0) is 9.47 Å². The van der Waals surface area contributed by atoms with Gasteiger partial charge in [-0.1, -0.05) is 6.92 Å². The summed E-state index contributed by atoms with van der Waals surface area (Å²) in [7, 11) is 0. The lowest BCUT2D eigenvalue weighted by Gasteiger charge is -2.13. The largest absolute Gasteiger partial charge is 0.396 e. The molecule has 0 fully saturated rings. The average Bonchev–Trinajstić information content (AvgIpc) is 2.37. The Morgan fingerprint density at radius 3 is 2.61 bits per heavy atom. The third kappa shape index (κ3) is 12.3. The lowest BCUT2D eigenvalue weighted by molar-refractivity contribution is 0.00652. The summed E-state index contributed by atoms with van der Waals surface area (Å²) >= 11 is 0. The minimum Gasteiger partial charge on any atom is -0.396 e. The van der Waals surface area contributed by atoms with Crippen LogP contribution < -0.4 is 5.32 Å². The summed E-state index contributed by atoms with van der Waals surface area (Å²) in [6.07, 6.45) is 1.55. The summed E-state index contributed by atoms with van der Waals surface area (Å²) in [5.41, 5.74) is 0. The van der Waals surface area contributed by atoms with Crippen molar-refractivity contribution in [2.75, 3.05) is 46.1 Å². The van der Waals surface area contributed by atoms with Gasteiger partial charge < -0.3 is 25.0 Å². The van der Waals surface area contributed by atoms with Crippen LogP contribution in [0.3, 0.4) is 0 Å². The van der Waals surface area contributed by atoms with Gasteiger partial charge in [-0.2, -0.15) is 0 Å². The van der Waals surface area contributed by atoms with Crippen LogP contribution in [0.25, 0.3) is 0 Å². The van der Waals surface area contributed by atoms with Gasteiger partial charge in [0.15, 0.2) is 0 Å². The Balaban J connectivity index is 3.19. The van der Waals surface area contributed by atoms with Crippen molar-refractivity contribution in [3.8, 4) is 0 Å². The van der Waals surface area contributed by atoms with E-state index in [2.05, 4.69) is 5.32 Å². The van der Waals surface area contributed by atoms with Crippen molar-refractivity contribution < 1.29 is 19.7 Å². The lowest BCUT2D eigenvalue weighted by Crippen LogP contribution is -2.31. The number of hydrogen-bond acceptors (Lipinski definition) is 5. The molecule has 0 spiro atoms. The van der Waals surface area contributed by atoms with E-state index in [0.717, 1.165) is 19.4 Å². The summed E-state index contributed by atoms with van der Waals surface area (Å²) < 4.78 is 10.4. The van der Waals surface area contributed by atoms with Crippen LogP contribution in [-0.4, -0.2) is 62.4 Å². The van der Waals surface area contributed by atoms with Gasteiger partial charge in [0.05, 0.1) is 25.9 Å². The number of aliphatic hydroxyl groups excluding tert-OH is 2. The first-order valence-corrected chi connectivity index (χ1v) is 6.85. The SMILES string of the molecule is CCOCCOCC(O)CNCCCC(C)CO. The molecular formula is C13H29NO4. The summed E-state index contributed by atoms with van der Waals surface area (Å²) in [6, 6.07) is 0. The molecule has 0 heterocycles. The fourth-order valence-corrected chi connectivity index (χ4v) is 1.48. The minimum absolute atomic E-state index is 0.246. The standard InChI is InChI=1S/C13H29NO4/c1-3-17-7-8-18-11-13(16)9-14-6-4-5-12(2)10-15/h12-16H,3-11H2,1-2H3. The molecule has 3 N–H and O–H groups in total. The molecule has 0 bridgehead atoms. The second kappa shape index (κ2) is 13.2. The van der Waals surface area contributed by atoms with E-state index in [0.29, 0.717) is 38.9 Å². The monoisotopic (exact) mass is 263 g/mol. The maximum absolute atomic E-state index is 9.59. The summed E-state index contributed by atoms with van der Waals surface area (Å²) in [6.45, 7) is 7.76. The van der Waals surface area contributed by atoms with Gasteiger partial charge in [-0.3, -0.25) is 0 Å². The second-order valence-corrected chi connectivity index (χ2v) is 4.56. The highest BCUT2D eigenvalue weighted by Crippen LogP contribution is 2.02. The van der Waals surface area contributed by atoms with Crippen LogP contribution in [0.4, 0.5) is 0 Å². The fraction of sp³-hybridized carbons (Fsp3) is 1.00. The molecular weight excluding hydrogens is 234 g/mol. The molecule has 0 rings (SSSR count). The quantitative estimate of drug-likeness (QED) is 0.420. The zero-order valence-corrected chi connectivity index (χ0v) is 11.7. The van der Waals surface area contributed by atoms with Gasteiger partial charge in [-0.05, 0) is 32.2 Å². The van der Waals surface area contributed by atoms with E-state index >= 15 is 0 Å². The van der Waals surface area contributed by atoms with Crippen LogP contribution in [0, 0.1) is 5.92 Å². The zero-order valence-electron chi connectivity index (χ0n) is 11.7. The van der Waals surface area contributed by atoms with E-state index in [-0.39, 0.29) is 6.61 Å². The minimum atomic E-state index is -0.470. The third-order valence-electron chi connectivity index (χ3n) is 2.63. The molecule has 0 aromatic rings. The van der Waals surface area contributed by atoms with Crippen molar-refractivity contribution >= 4 is 0 Å². The molecule has 18 heavy (non-hydrogen) atoms. The predicted octanol–water partition coefficient (Wildman–Crippen LogP) is 0.399. The molecule has 5 nitrogen and oxygen atoms in total. The molecule has 5 heteroatoms. The maximum atomic E-state index is 9.59. The molecule has 0 saturated heterocycles. The van der Waals surface area contributed by atoms with Crippen molar-refractivity contribution in [1.29, 1.82) is 0 Å². The van der Waals surface area contributed by atoms with Gasteiger partial charge in [-0.25, -0.2) is 0 Å². The highest BCUT2D eigenvalue weighted by molar-refractivity contribution is 4.59. The topological polar surface area (TPSA) is 71.0 Å². The van der Waals surface area contributed by atoms with Crippen LogP contribution in [0.1, 0.15) is 26.7 Å². The lowest BCUT2D eigenvalue weighted by atomic mass is 10.1. The Labute approximate surface area is 110 Å². The molecule has 0 aromatic heterocycles. The van der Waals surface area contributed by atoms with Gasteiger partial charge >= 0.3 is 0 Å². The summed E-state index contributed by atoms with van der Waals surface area (Å²) in [5, 5.41) is 21.6. The Morgan fingerprint density at radius 2 is 1.94 bits per heavy atom. The molecule has 0 aliphatic heterocycles. The van der Waals surface area contributed by atoms with Crippen molar-refractivity contribution in [2.45, 2.75) is 32.8 Å². The zero-order chi connectivity index (χ0) is 13.6. The van der Waals surface area contributed by atoms with Crippen LogP contribution in [0.2, 0.25) is 0 Å². The van der Waals surface area contributed by atoms with E-state index < -0.39 is 6.10 Å². The molecule has 110 valence electrons. The smallest absolute Gasteiger partial charge is 0.0897 e. The molecule has 0 radical (unpaired) electrons. The highest BCUT2D eigenvalue weighted by atomic mass is 16.5. The number of ether oxygens (including phenoxy) is 2. The number of nitrogens with one attached hydrogen (secondary N) is 1. The van der Waals surface area contributed by atoms with E-state index in [9.17, 15) is 5.11 Å². The molecule has 0 aromatic carbocycles. The molecule has 2 atom stereocenters. The Bertz CT molecular complexity index is 169.